The van der Waals surface area contributed by atoms with Crippen LogP contribution in [-0.2, 0) is 14.3 Å². The molecule has 0 fully saturated rings. The van der Waals surface area contributed by atoms with Crippen molar-refractivity contribution in [2.75, 3.05) is 6.61 Å². The highest BCUT2D eigenvalue weighted by Gasteiger charge is 2.24. The van der Waals surface area contributed by atoms with Crippen LogP contribution in [0.15, 0.2) is 24.3 Å². The normalized spacial score (nSPS) is 13.3. The third-order valence-electron chi connectivity index (χ3n) is 12.8. The maximum absolute atomic E-state index is 13.2. The predicted octanol–water partition coefficient (Wildman–Crippen LogP) is 16.7. The molecule has 3 atom stereocenters. The highest BCUT2D eigenvalue weighted by Crippen LogP contribution is 2.19. The van der Waals surface area contributed by atoms with Gasteiger partial charge in [-0.05, 0) is 57.8 Å². The third kappa shape index (κ3) is 44.9. The number of amides is 1. The Labute approximate surface area is 386 Å². The molecule has 62 heavy (non-hydrogen) atoms. The second-order valence-electron chi connectivity index (χ2n) is 19.0. The number of nitrogens with one attached hydrogen (secondary N) is 1. The van der Waals surface area contributed by atoms with Gasteiger partial charge in [-0.3, -0.25) is 9.59 Å². The number of unbranched alkanes of at least 4 members (excludes halogenated alkanes) is 34. The molecule has 366 valence electrons. The highest BCUT2D eigenvalue weighted by molar-refractivity contribution is 5.77. The van der Waals surface area contributed by atoms with Gasteiger partial charge in [0.25, 0.3) is 0 Å². The van der Waals surface area contributed by atoms with Crippen molar-refractivity contribution < 1.29 is 24.5 Å². The zero-order valence-corrected chi connectivity index (χ0v) is 41.8. The number of esters is 1. The van der Waals surface area contributed by atoms with E-state index in [1.54, 1.807) is 0 Å². The molecule has 0 aliphatic heterocycles. The molecule has 0 aliphatic carbocycles. The van der Waals surface area contributed by atoms with Crippen LogP contribution in [0.4, 0.5) is 0 Å². The van der Waals surface area contributed by atoms with Gasteiger partial charge in [-0.2, -0.15) is 0 Å². The van der Waals surface area contributed by atoms with Gasteiger partial charge in [0.05, 0.1) is 25.2 Å². The first kappa shape index (κ1) is 60.3. The Morgan fingerprint density at radius 1 is 0.468 bits per heavy atom. The van der Waals surface area contributed by atoms with Crippen molar-refractivity contribution >= 4 is 11.9 Å². The van der Waals surface area contributed by atoms with E-state index < -0.39 is 18.2 Å². The Kier molecular flexibility index (Phi) is 49.0. The Bertz CT molecular complexity index is 981. The van der Waals surface area contributed by atoms with Gasteiger partial charge in [0, 0.05) is 6.42 Å². The number of hydrogen-bond donors (Lipinski definition) is 3. The average molecular weight is 874 g/mol. The molecule has 0 aromatic rings. The quantitative estimate of drug-likeness (QED) is 0.0321. The Morgan fingerprint density at radius 3 is 1.26 bits per heavy atom. The molecule has 0 rings (SSSR count). The van der Waals surface area contributed by atoms with Crippen LogP contribution in [0.25, 0.3) is 0 Å². The number of allylic oxidation sites excluding steroid dienone is 4. The van der Waals surface area contributed by atoms with Crippen LogP contribution in [0, 0.1) is 0 Å². The molecule has 3 unspecified atom stereocenters. The van der Waals surface area contributed by atoms with Crippen LogP contribution in [-0.4, -0.2) is 46.9 Å². The minimum absolute atomic E-state index is 0.0818. The minimum atomic E-state index is -0.783. The maximum Gasteiger partial charge on any atom is 0.306 e. The van der Waals surface area contributed by atoms with Crippen molar-refractivity contribution in [2.24, 2.45) is 0 Å². The molecule has 6 heteroatoms. The largest absolute Gasteiger partial charge is 0.462 e. The molecule has 0 aliphatic rings. The summed E-state index contributed by atoms with van der Waals surface area (Å²) in [5, 5.41) is 23.7. The van der Waals surface area contributed by atoms with Gasteiger partial charge in [-0.15, -0.1) is 0 Å². The number of hydrogen-bond acceptors (Lipinski definition) is 5. The molecular weight excluding hydrogens is 767 g/mol. The number of aliphatic hydroxyl groups excluding tert-OH is 2. The average Bonchev–Trinajstić information content (AvgIpc) is 3.26. The zero-order chi connectivity index (χ0) is 45.2. The minimum Gasteiger partial charge on any atom is -0.462 e. The third-order valence-corrected chi connectivity index (χ3v) is 12.8. The molecule has 0 aromatic heterocycles. The lowest BCUT2D eigenvalue weighted by atomic mass is 10.0. The highest BCUT2D eigenvalue weighted by atomic mass is 16.5. The first-order valence-electron chi connectivity index (χ1n) is 27.6. The second-order valence-corrected chi connectivity index (χ2v) is 19.0. The van der Waals surface area contributed by atoms with Crippen molar-refractivity contribution in [3.8, 4) is 0 Å². The summed E-state index contributed by atoms with van der Waals surface area (Å²) in [5.74, 6) is -0.462. The first-order chi connectivity index (χ1) is 30.5. The van der Waals surface area contributed by atoms with Crippen molar-refractivity contribution in [2.45, 2.75) is 315 Å². The summed E-state index contributed by atoms with van der Waals surface area (Å²) in [5.41, 5.74) is 0. The van der Waals surface area contributed by atoms with Gasteiger partial charge in [-0.25, -0.2) is 0 Å². The molecule has 0 heterocycles. The number of carbonyl (C=O) groups is 2. The zero-order valence-electron chi connectivity index (χ0n) is 41.8. The van der Waals surface area contributed by atoms with E-state index in [1.807, 2.05) is 0 Å². The first-order valence-corrected chi connectivity index (χ1v) is 27.6. The molecule has 6 nitrogen and oxygen atoms in total. The van der Waals surface area contributed by atoms with Gasteiger partial charge in [0.15, 0.2) is 0 Å². The fourth-order valence-corrected chi connectivity index (χ4v) is 8.58. The van der Waals surface area contributed by atoms with Crippen LogP contribution in [0.2, 0.25) is 0 Å². The van der Waals surface area contributed by atoms with Crippen molar-refractivity contribution in [1.29, 1.82) is 0 Å². The second kappa shape index (κ2) is 50.3. The Hall–Kier alpha value is -1.66. The predicted molar refractivity (Wildman–Crippen MR) is 269 cm³/mol. The smallest absolute Gasteiger partial charge is 0.306 e. The molecule has 1 amide bonds. The van der Waals surface area contributed by atoms with E-state index in [-0.39, 0.29) is 24.9 Å². The monoisotopic (exact) mass is 874 g/mol. The molecule has 0 radical (unpaired) electrons. The summed E-state index contributed by atoms with van der Waals surface area (Å²) >= 11 is 0. The number of aliphatic hydroxyl groups is 2. The maximum atomic E-state index is 13.2. The summed E-state index contributed by atoms with van der Waals surface area (Å²) < 4.78 is 5.95. The van der Waals surface area contributed by atoms with Crippen LogP contribution < -0.4 is 5.32 Å². The lowest BCUT2D eigenvalue weighted by Gasteiger charge is -2.24. The Morgan fingerprint density at radius 2 is 0.823 bits per heavy atom. The summed E-state index contributed by atoms with van der Waals surface area (Å²) in [6.45, 7) is 6.47. The summed E-state index contributed by atoms with van der Waals surface area (Å²) in [6, 6.07) is -0.696. The van der Waals surface area contributed by atoms with E-state index >= 15 is 0 Å². The van der Waals surface area contributed by atoms with Crippen LogP contribution in [0.1, 0.15) is 297 Å². The lowest BCUT2D eigenvalue weighted by molar-refractivity contribution is -0.151. The lowest BCUT2D eigenvalue weighted by Crippen LogP contribution is -2.46. The molecular formula is C56H107NO5. The fourth-order valence-electron chi connectivity index (χ4n) is 8.58. The van der Waals surface area contributed by atoms with E-state index in [1.165, 1.54) is 193 Å². The SMILES string of the molecule is CCCCC/C=C\C/C=C\CCCCCCCCCCCC(=O)OC(CCCCCCCCCCCCCCCCC)CC(=O)NC(CO)C(O)CCCCCCCCCCC. The van der Waals surface area contributed by atoms with Crippen LogP contribution >= 0.6 is 0 Å². The number of carbonyl (C=O) groups excluding carboxylic acids is 2. The topological polar surface area (TPSA) is 95.9 Å². The van der Waals surface area contributed by atoms with E-state index in [2.05, 4.69) is 50.4 Å². The summed E-state index contributed by atoms with van der Waals surface area (Å²) in [7, 11) is 0. The van der Waals surface area contributed by atoms with Crippen LogP contribution in [0.3, 0.4) is 0 Å². The van der Waals surface area contributed by atoms with Gasteiger partial charge < -0.3 is 20.3 Å². The molecule has 0 saturated carbocycles. The molecule has 0 saturated heterocycles. The van der Waals surface area contributed by atoms with E-state index in [9.17, 15) is 19.8 Å². The van der Waals surface area contributed by atoms with E-state index in [4.69, 9.17) is 4.74 Å². The molecule has 0 spiro atoms. The van der Waals surface area contributed by atoms with Gasteiger partial charge in [0.1, 0.15) is 6.10 Å². The number of rotatable bonds is 50. The Balaban J connectivity index is 4.49. The van der Waals surface area contributed by atoms with E-state index in [0.717, 1.165) is 57.8 Å². The molecule has 3 N–H and O–H groups in total. The van der Waals surface area contributed by atoms with Crippen molar-refractivity contribution in [1.82, 2.24) is 5.32 Å². The van der Waals surface area contributed by atoms with Gasteiger partial charge in [0.2, 0.25) is 5.91 Å². The fraction of sp³-hybridized carbons (Fsp3) is 0.893. The number of ether oxygens (including phenoxy) is 1. The standard InChI is InChI=1S/C56H107NO5/c1-4-7-10-13-16-19-21-23-25-26-27-28-30-32-34-37-40-43-46-49-56(61)62-52(47-44-41-38-36-33-31-29-24-22-20-17-14-11-8-5-2)50-55(60)57-53(51-58)54(59)48-45-42-39-35-18-15-12-9-6-3/h16,19,23,25,52-54,58-59H,4-15,17-18,20-22,24,26-51H2,1-3H3,(H,57,60)/b19-16-,25-23-. The van der Waals surface area contributed by atoms with E-state index in [0.29, 0.717) is 19.3 Å². The summed E-state index contributed by atoms with van der Waals surface area (Å²) in [6.07, 6.45) is 58.2. The van der Waals surface area contributed by atoms with Crippen molar-refractivity contribution in [3.63, 3.8) is 0 Å². The summed E-state index contributed by atoms with van der Waals surface area (Å²) in [4.78, 5) is 26.2. The van der Waals surface area contributed by atoms with Gasteiger partial charge in [-0.1, -0.05) is 251 Å². The van der Waals surface area contributed by atoms with Gasteiger partial charge >= 0.3 is 5.97 Å². The molecule has 0 aromatic carbocycles. The van der Waals surface area contributed by atoms with Crippen LogP contribution in [0.5, 0.6) is 0 Å². The van der Waals surface area contributed by atoms with Crippen molar-refractivity contribution in [3.05, 3.63) is 24.3 Å². The molecule has 0 bridgehead atoms.